The van der Waals surface area contributed by atoms with E-state index in [-0.39, 0.29) is 29.2 Å². The van der Waals surface area contributed by atoms with E-state index < -0.39 is 0 Å². The molecule has 0 atom stereocenters. The highest BCUT2D eigenvalue weighted by Gasteiger charge is 2.23. The molecule has 0 spiro atoms. The average Bonchev–Trinajstić information content (AvgIpc) is 2.67. The summed E-state index contributed by atoms with van der Waals surface area (Å²) in [6.07, 6.45) is 2.08. The molecule has 1 aromatic rings. The Bertz CT molecular complexity index is 610. The van der Waals surface area contributed by atoms with E-state index >= 15 is 0 Å². The fourth-order valence-corrected chi connectivity index (χ4v) is 3.26. The number of nitrogens with one attached hydrogen (secondary N) is 1. The van der Waals surface area contributed by atoms with Crippen molar-refractivity contribution in [1.29, 1.82) is 0 Å². The van der Waals surface area contributed by atoms with Gasteiger partial charge >= 0.3 is 0 Å². The predicted molar refractivity (Wildman–Crippen MR) is 93.7 cm³/mol. The van der Waals surface area contributed by atoms with Crippen LogP contribution in [-0.4, -0.2) is 67.7 Å². The van der Waals surface area contributed by atoms with Crippen LogP contribution in [0.3, 0.4) is 0 Å². The maximum atomic E-state index is 12.3. The van der Waals surface area contributed by atoms with Crippen LogP contribution in [0.4, 0.5) is 11.4 Å². The molecule has 0 aliphatic carbocycles. The second-order valence-corrected chi connectivity index (χ2v) is 6.41. The van der Waals surface area contributed by atoms with Gasteiger partial charge in [-0.3, -0.25) is 14.9 Å². The van der Waals surface area contributed by atoms with Crippen molar-refractivity contribution in [2.24, 2.45) is 0 Å². The van der Waals surface area contributed by atoms with Gasteiger partial charge in [0, 0.05) is 44.0 Å². The Balaban J connectivity index is 1.47. The maximum Gasteiger partial charge on any atom is 0.271 e. The number of nitro groups is 1. The summed E-state index contributed by atoms with van der Waals surface area (Å²) in [6.45, 7) is 4.58. The van der Waals surface area contributed by atoms with Crippen LogP contribution in [0.15, 0.2) is 24.3 Å². The normalized spacial score (nSPS) is 19.0. The molecule has 1 amide bonds. The molecule has 2 aliphatic heterocycles. The molecule has 136 valence electrons. The van der Waals surface area contributed by atoms with Gasteiger partial charge in [-0.15, -0.1) is 0 Å². The van der Waals surface area contributed by atoms with Gasteiger partial charge in [0.15, 0.2) is 0 Å². The van der Waals surface area contributed by atoms with E-state index in [1.54, 1.807) is 12.1 Å². The molecule has 8 nitrogen and oxygen atoms in total. The molecule has 0 aromatic heterocycles. The van der Waals surface area contributed by atoms with Crippen molar-refractivity contribution in [3.8, 4) is 0 Å². The minimum absolute atomic E-state index is 0.0252. The number of carbonyl (C=O) groups excluding carboxylic acids is 1. The van der Waals surface area contributed by atoms with E-state index in [4.69, 9.17) is 4.74 Å². The lowest BCUT2D eigenvalue weighted by atomic mass is 10.1. The molecule has 0 saturated carbocycles. The third-order valence-corrected chi connectivity index (χ3v) is 4.77. The van der Waals surface area contributed by atoms with Crippen LogP contribution in [0.25, 0.3) is 0 Å². The van der Waals surface area contributed by atoms with Crippen LogP contribution in [-0.2, 0) is 9.53 Å². The number of carbonyl (C=O) groups is 1. The van der Waals surface area contributed by atoms with Gasteiger partial charge in [0.1, 0.15) is 6.61 Å². The van der Waals surface area contributed by atoms with Gasteiger partial charge in [-0.25, -0.2) is 0 Å². The molecule has 2 saturated heterocycles. The number of hydrogen-bond donors (Lipinski definition) is 1. The molecule has 8 heteroatoms. The van der Waals surface area contributed by atoms with E-state index in [0.29, 0.717) is 26.2 Å². The summed E-state index contributed by atoms with van der Waals surface area (Å²) in [7, 11) is 0. The van der Waals surface area contributed by atoms with E-state index in [2.05, 4.69) is 10.2 Å². The number of nitro benzene ring substituents is 1. The molecular weight excluding hydrogens is 324 g/mol. The minimum Gasteiger partial charge on any atom is -0.368 e. The van der Waals surface area contributed by atoms with Crippen molar-refractivity contribution in [2.45, 2.75) is 18.9 Å². The molecule has 1 N–H and O–H groups in total. The Kier molecular flexibility index (Phi) is 5.83. The highest BCUT2D eigenvalue weighted by Crippen LogP contribution is 2.22. The van der Waals surface area contributed by atoms with Gasteiger partial charge in [-0.2, -0.15) is 0 Å². The predicted octanol–water partition coefficient (Wildman–Crippen LogP) is 1.01. The molecule has 2 fully saturated rings. The second kappa shape index (κ2) is 8.26. The fraction of sp³-hybridized carbons (Fsp3) is 0.588. The topological polar surface area (TPSA) is 88.0 Å². The third kappa shape index (κ3) is 4.67. The van der Waals surface area contributed by atoms with E-state index in [9.17, 15) is 14.9 Å². The summed E-state index contributed by atoms with van der Waals surface area (Å²) in [5, 5.41) is 14.2. The Morgan fingerprint density at radius 2 is 1.96 bits per heavy atom. The highest BCUT2D eigenvalue weighted by atomic mass is 16.6. The molecule has 2 aliphatic rings. The monoisotopic (exact) mass is 348 g/mol. The van der Waals surface area contributed by atoms with Crippen molar-refractivity contribution >= 4 is 17.3 Å². The van der Waals surface area contributed by atoms with Crippen molar-refractivity contribution in [2.75, 3.05) is 50.8 Å². The number of nitrogens with zero attached hydrogens (tertiary/aromatic N) is 3. The Labute approximate surface area is 146 Å². The third-order valence-electron chi connectivity index (χ3n) is 4.77. The summed E-state index contributed by atoms with van der Waals surface area (Å²) in [5.41, 5.74) is 0.915. The van der Waals surface area contributed by atoms with E-state index in [1.165, 1.54) is 6.07 Å². The number of ether oxygens (including phenoxy) is 1. The average molecular weight is 348 g/mol. The van der Waals surface area contributed by atoms with Gasteiger partial charge in [0.25, 0.3) is 5.69 Å². The smallest absolute Gasteiger partial charge is 0.271 e. The Morgan fingerprint density at radius 3 is 2.64 bits per heavy atom. The van der Waals surface area contributed by atoms with Gasteiger partial charge < -0.3 is 19.9 Å². The van der Waals surface area contributed by atoms with Crippen molar-refractivity contribution in [3.05, 3.63) is 34.4 Å². The Hall–Kier alpha value is -2.19. The van der Waals surface area contributed by atoms with E-state index in [0.717, 1.165) is 31.6 Å². The summed E-state index contributed by atoms with van der Waals surface area (Å²) >= 11 is 0. The summed E-state index contributed by atoms with van der Waals surface area (Å²) in [5.74, 6) is 0.0252. The number of anilines is 1. The summed E-state index contributed by atoms with van der Waals surface area (Å²) in [4.78, 5) is 26.7. The minimum atomic E-state index is -0.388. The van der Waals surface area contributed by atoms with Crippen LogP contribution in [0.5, 0.6) is 0 Å². The van der Waals surface area contributed by atoms with Crippen molar-refractivity contribution < 1.29 is 14.5 Å². The molecule has 0 radical (unpaired) electrons. The first-order chi connectivity index (χ1) is 12.1. The molecule has 3 rings (SSSR count). The lowest BCUT2D eigenvalue weighted by Gasteiger charge is -2.36. The van der Waals surface area contributed by atoms with Crippen LogP contribution in [0.2, 0.25) is 0 Å². The molecule has 2 heterocycles. The van der Waals surface area contributed by atoms with Crippen LogP contribution in [0.1, 0.15) is 12.8 Å². The lowest BCUT2D eigenvalue weighted by molar-refractivity contribution is -0.384. The first-order valence-corrected chi connectivity index (χ1v) is 8.73. The zero-order valence-electron chi connectivity index (χ0n) is 14.2. The molecule has 1 aromatic carbocycles. The number of hydrogen-bond acceptors (Lipinski definition) is 6. The first-order valence-electron chi connectivity index (χ1n) is 8.73. The molecule has 0 bridgehead atoms. The molecule has 25 heavy (non-hydrogen) atoms. The maximum absolute atomic E-state index is 12.3. The number of piperazine rings is 1. The SMILES string of the molecule is O=C(COC1CCNCC1)N1CCN(c2cccc([N+](=O)[O-])c2)CC1. The second-order valence-electron chi connectivity index (χ2n) is 6.41. The van der Waals surface area contributed by atoms with Gasteiger partial charge in [0.2, 0.25) is 5.91 Å². The van der Waals surface area contributed by atoms with Crippen LogP contribution < -0.4 is 10.2 Å². The van der Waals surface area contributed by atoms with Gasteiger partial charge in [0.05, 0.1) is 11.0 Å². The largest absolute Gasteiger partial charge is 0.368 e. The Morgan fingerprint density at radius 1 is 1.24 bits per heavy atom. The van der Waals surface area contributed by atoms with Gasteiger partial charge in [-0.05, 0) is 32.0 Å². The van der Waals surface area contributed by atoms with Gasteiger partial charge in [-0.1, -0.05) is 6.07 Å². The first kappa shape index (κ1) is 17.6. The summed E-state index contributed by atoms with van der Waals surface area (Å²) < 4.78 is 5.73. The van der Waals surface area contributed by atoms with E-state index in [1.807, 2.05) is 11.0 Å². The zero-order chi connectivity index (χ0) is 17.6. The van der Waals surface area contributed by atoms with Crippen LogP contribution in [0, 0.1) is 10.1 Å². The van der Waals surface area contributed by atoms with Crippen molar-refractivity contribution in [1.82, 2.24) is 10.2 Å². The number of rotatable bonds is 5. The van der Waals surface area contributed by atoms with Crippen molar-refractivity contribution in [3.63, 3.8) is 0 Å². The summed E-state index contributed by atoms with van der Waals surface area (Å²) in [6, 6.07) is 6.63. The fourth-order valence-electron chi connectivity index (χ4n) is 3.26. The number of benzene rings is 1. The lowest BCUT2D eigenvalue weighted by Crippen LogP contribution is -2.50. The number of piperidine rings is 1. The number of amides is 1. The highest BCUT2D eigenvalue weighted by molar-refractivity contribution is 5.77. The standard InChI is InChI=1S/C17H24N4O4/c22-17(13-25-16-4-6-18-7-5-16)20-10-8-19(9-11-20)14-2-1-3-15(12-14)21(23)24/h1-3,12,16,18H,4-11,13H2. The quantitative estimate of drug-likeness (QED) is 0.631. The van der Waals surface area contributed by atoms with Crippen LogP contribution >= 0.6 is 0 Å². The molecular formula is C17H24N4O4. The molecule has 0 unspecified atom stereocenters. The number of non-ortho nitro benzene ring substituents is 1. The zero-order valence-corrected chi connectivity index (χ0v) is 14.2.